The maximum Gasteiger partial charge on any atom is 0.242 e. The first-order valence-corrected chi connectivity index (χ1v) is 13.4. The van der Waals surface area contributed by atoms with Gasteiger partial charge >= 0.3 is 0 Å². The quantitative estimate of drug-likeness (QED) is 0.616. The van der Waals surface area contributed by atoms with Gasteiger partial charge in [-0.05, 0) is 60.8 Å². The highest BCUT2D eigenvalue weighted by Gasteiger charge is 2.38. The molecule has 3 heteroatoms. The fourth-order valence-electron chi connectivity index (χ4n) is 2.71. The van der Waals surface area contributed by atoms with Crippen molar-refractivity contribution in [1.82, 2.24) is 0 Å². The molecule has 23 heavy (non-hydrogen) atoms. The average molecular weight is 335 g/mol. The number of hydrogen-bond donors (Lipinski definition) is 0. The van der Waals surface area contributed by atoms with E-state index in [1.807, 2.05) is 24.3 Å². The number of hydrogen-bond acceptors (Lipinski definition) is 1. The first-order valence-electron chi connectivity index (χ1n) is 7.63. The molecule has 2 aromatic rings. The molecule has 2 aromatic carbocycles. The fourth-order valence-corrected chi connectivity index (χ4v) is 10.6. The highest BCUT2D eigenvalue weighted by atomic mass is 28.4. The maximum atomic E-state index is 6.74. The van der Waals surface area contributed by atoms with Gasteiger partial charge in [-0.2, -0.15) is 0 Å². The minimum absolute atomic E-state index is 0.883. The van der Waals surface area contributed by atoms with Crippen molar-refractivity contribution < 1.29 is 4.12 Å². The molecule has 0 unspecified atom stereocenters. The van der Waals surface area contributed by atoms with E-state index in [1.54, 1.807) is 0 Å². The molecule has 0 N–H and O–H groups in total. The zero-order valence-corrected chi connectivity index (χ0v) is 16.2. The van der Waals surface area contributed by atoms with Crippen molar-refractivity contribution in [2.75, 3.05) is 0 Å². The highest BCUT2D eigenvalue weighted by molar-refractivity contribution is 7.01. The van der Waals surface area contributed by atoms with Gasteiger partial charge < -0.3 is 4.12 Å². The van der Waals surface area contributed by atoms with Gasteiger partial charge in [0.15, 0.2) is 8.32 Å². The van der Waals surface area contributed by atoms with E-state index < -0.39 is 16.6 Å². The van der Waals surface area contributed by atoms with Crippen LogP contribution in [0.25, 0.3) is 0 Å². The van der Waals surface area contributed by atoms with Gasteiger partial charge in [0.2, 0.25) is 8.32 Å². The van der Waals surface area contributed by atoms with Crippen LogP contribution >= 0.6 is 0 Å². The van der Waals surface area contributed by atoms with Crippen LogP contribution in [0.1, 0.15) is 11.1 Å². The largest absolute Gasteiger partial charge is 0.449 e. The Morgan fingerprint density at radius 1 is 0.783 bits per heavy atom. The Morgan fingerprint density at radius 3 is 1.57 bits per heavy atom. The molecular formula is C20H22OSi2. The Labute approximate surface area is 142 Å². The Hall–Kier alpha value is -2.05. The molecule has 0 atom stereocenters. The number of terminal acetylenes is 2. The molecule has 1 nitrogen and oxygen atoms in total. The molecule has 0 bridgehead atoms. The van der Waals surface area contributed by atoms with E-state index >= 15 is 0 Å². The van der Waals surface area contributed by atoms with Crippen LogP contribution in [0.5, 0.6) is 0 Å². The second-order valence-corrected chi connectivity index (χ2v) is 15.0. The van der Waals surface area contributed by atoms with E-state index in [9.17, 15) is 0 Å². The van der Waals surface area contributed by atoms with Gasteiger partial charge in [0.1, 0.15) is 0 Å². The highest BCUT2D eigenvalue weighted by Crippen LogP contribution is 2.16. The molecular weight excluding hydrogens is 312 g/mol. The molecule has 0 spiro atoms. The monoisotopic (exact) mass is 334 g/mol. The Kier molecular flexibility index (Phi) is 4.97. The third kappa shape index (κ3) is 4.03. The SMILES string of the molecule is C#Cc1cccc([Si](C)(O[Si](C)(C)C)c2cccc(C#C)c2)c1. The Morgan fingerprint density at radius 2 is 1.22 bits per heavy atom. The van der Waals surface area contributed by atoms with Crippen LogP contribution in [0.3, 0.4) is 0 Å². The second-order valence-electron chi connectivity index (χ2n) is 6.70. The average Bonchev–Trinajstić information content (AvgIpc) is 2.53. The van der Waals surface area contributed by atoms with E-state index in [0.717, 1.165) is 11.1 Å². The number of benzene rings is 2. The molecule has 0 radical (unpaired) electrons. The van der Waals surface area contributed by atoms with Gasteiger partial charge in [-0.25, -0.2) is 0 Å². The molecule has 0 aliphatic carbocycles. The lowest BCUT2D eigenvalue weighted by Crippen LogP contribution is -2.62. The van der Waals surface area contributed by atoms with Crippen molar-refractivity contribution in [2.45, 2.75) is 26.2 Å². The van der Waals surface area contributed by atoms with Crippen molar-refractivity contribution in [3.8, 4) is 24.7 Å². The fraction of sp³-hybridized carbons (Fsp3) is 0.200. The first kappa shape index (κ1) is 17.3. The minimum atomic E-state index is -2.36. The van der Waals surface area contributed by atoms with E-state index in [-0.39, 0.29) is 0 Å². The second kappa shape index (κ2) is 6.60. The smallest absolute Gasteiger partial charge is 0.242 e. The molecule has 0 amide bonds. The summed E-state index contributed by atoms with van der Waals surface area (Å²) in [6.45, 7) is 8.88. The summed E-state index contributed by atoms with van der Waals surface area (Å²) in [5, 5.41) is 2.37. The van der Waals surface area contributed by atoms with E-state index in [0.29, 0.717) is 0 Å². The lowest BCUT2D eigenvalue weighted by Gasteiger charge is -2.35. The molecule has 0 aliphatic heterocycles. The van der Waals surface area contributed by atoms with Crippen molar-refractivity contribution in [1.29, 1.82) is 0 Å². The zero-order chi connectivity index (χ0) is 17.1. The van der Waals surface area contributed by atoms with Gasteiger partial charge in [-0.3, -0.25) is 0 Å². The summed E-state index contributed by atoms with van der Waals surface area (Å²) in [6.07, 6.45) is 11.2. The van der Waals surface area contributed by atoms with E-state index in [4.69, 9.17) is 17.0 Å². The molecule has 2 rings (SSSR count). The van der Waals surface area contributed by atoms with Crippen LogP contribution in [-0.2, 0) is 4.12 Å². The third-order valence-corrected chi connectivity index (χ3v) is 10.6. The van der Waals surface area contributed by atoms with Crippen LogP contribution in [0.2, 0.25) is 26.2 Å². The third-order valence-electron chi connectivity index (χ3n) is 3.67. The van der Waals surface area contributed by atoms with Gasteiger partial charge in [0.25, 0.3) is 0 Å². The van der Waals surface area contributed by atoms with E-state index in [1.165, 1.54) is 10.4 Å². The summed E-state index contributed by atoms with van der Waals surface area (Å²) in [5.41, 5.74) is 1.77. The van der Waals surface area contributed by atoms with Crippen LogP contribution in [0, 0.1) is 24.7 Å². The standard InChI is InChI=1S/C20H22OSi2/c1-7-17-11-9-13-19(15-17)23(6,21-22(3,4)5)20-14-10-12-18(8-2)16-20/h1-2,9-16H,3-6H3. The molecule has 0 saturated heterocycles. The van der Waals surface area contributed by atoms with Crippen LogP contribution in [0.15, 0.2) is 48.5 Å². The molecule has 0 aliphatic rings. The maximum absolute atomic E-state index is 6.74. The van der Waals surface area contributed by atoms with Crippen molar-refractivity contribution >= 4 is 27.0 Å². The van der Waals surface area contributed by atoms with E-state index in [2.05, 4.69) is 62.3 Å². The summed E-state index contributed by atoms with van der Waals surface area (Å²) < 4.78 is 6.74. The molecule has 0 saturated carbocycles. The summed E-state index contributed by atoms with van der Waals surface area (Å²) in [7, 11) is -4.12. The number of rotatable bonds is 4. The molecule has 0 fully saturated rings. The minimum Gasteiger partial charge on any atom is -0.449 e. The van der Waals surface area contributed by atoms with Crippen molar-refractivity contribution in [2.24, 2.45) is 0 Å². The van der Waals surface area contributed by atoms with Gasteiger partial charge in [0, 0.05) is 11.1 Å². The van der Waals surface area contributed by atoms with Crippen molar-refractivity contribution in [3.63, 3.8) is 0 Å². The Balaban J connectivity index is 2.65. The summed E-state index contributed by atoms with van der Waals surface area (Å²) in [4.78, 5) is 0. The predicted octanol–water partition coefficient (Wildman–Crippen LogP) is 3.19. The molecule has 116 valence electrons. The van der Waals surface area contributed by atoms with Crippen LogP contribution in [0.4, 0.5) is 0 Å². The van der Waals surface area contributed by atoms with Crippen LogP contribution in [-0.4, -0.2) is 16.6 Å². The topological polar surface area (TPSA) is 9.23 Å². The van der Waals surface area contributed by atoms with Gasteiger partial charge in [-0.1, -0.05) is 36.1 Å². The Bertz CT molecular complexity index is 731. The molecule has 0 heterocycles. The predicted molar refractivity (Wildman–Crippen MR) is 104 cm³/mol. The summed E-state index contributed by atoms with van der Waals surface area (Å²) >= 11 is 0. The first-order chi connectivity index (χ1) is 10.8. The normalized spacial score (nSPS) is 11.6. The summed E-state index contributed by atoms with van der Waals surface area (Å²) in [6, 6.07) is 16.3. The molecule has 0 aromatic heterocycles. The lowest BCUT2D eigenvalue weighted by molar-refractivity contribution is 0.573. The van der Waals surface area contributed by atoms with Gasteiger partial charge in [-0.15, -0.1) is 12.8 Å². The zero-order valence-electron chi connectivity index (χ0n) is 14.2. The van der Waals surface area contributed by atoms with Crippen LogP contribution < -0.4 is 10.4 Å². The van der Waals surface area contributed by atoms with Gasteiger partial charge in [0.05, 0.1) is 0 Å². The van der Waals surface area contributed by atoms with Crippen molar-refractivity contribution in [3.05, 3.63) is 59.7 Å². The lowest BCUT2D eigenvalue weighted by atomic mass is 10.2. The summed E-state index contributed by atoms with van der Waals surface area (Å²) in [5.74, 6) is 5.44.